The number of nitrogens with one attached hydrogen (secondary N) is 1. The zero-order valence-corrected chi connectivity index (χ0v) is 18.0. The number of hydrogen-bond acceptors (Lipinski definition) is 3. The molecule has 0 spiro atoms. The van der Waals surface area contributed by atoms with Crippen molar-refractivity contribution in [3.63, 3.8) is 0 Å². The van der Waals surface area contributed by atoms with E-state index >= 15 is 0 Å². The molecule has 0 saturated heterocycles. The molecule has 3 rings (SSSR count). The molecule has 0 bridgehead atoms. The maximum atomic E-state index is 12.9. The Labute approximate surface area is 178 Å². The fourth-order valence-electron chi connectivity index (χ4n) is 3.22. The third kappa shape index (κ3) is 4.96. The topological polar surface area (TPSA) is 66.5 Å². The summed E-state index contributed by atoms with van der Waals surface area (Å²) in [5, 5.41) is 2.95. The first kappa shape index (κ1) is 21.7. The molecule has 0 atom stereocenters. The van der Waals surface area contributed by atoms with Gasteiger partial charge in [0.15, 0.2) is 0 Å². The van der Waals surface area contributed by atoms with Crippen LogP contribution in [0.3, 0.4) is 0 Å². The lowest BCUT2D eigenvalue weighted by atomic mass is 10.1. The number of nitrogens with zero attached hydrogens (tertiary/aromatic N) is 1. The van der Waals surface area contributed by atoms with Gasteiger partial charge in [0.05, 0.1) is 4.90 Å². The van der Waals surface area contributed by atoms with E-state index in [1.165, 1.54) is 4.31 Å². The van der Waals surface area contributed by atoms with Gasteiger partial charge in [0, 0.05) is 24.3 Å². The highest BCUT2D eigenvalue weighted by Gasteiger charge is 2.23. The van der Waals surface area contributed by atoms with E-state index in [0.29, 0.717) is 12.1 Å². The molecule has 1 amide bonds. The number of rotatable bonds is 8. The van der Waals surface area contributed by atoms with Crippen molar-refractivity contribution >= 4 is 21.6 Å². The molecule has 0 aliphatic carbocycles. The Balaban J connectivity index is 1.72. The van der Waals surface area contributed by atoms with Gasteiger partial charge in [0.25, 0.3) is 5.91 Å². The zero-order valence-electron chi connectivity index (χ0n) is 17.2. The van der Waals surface area contributed by atoms with Gasteiger partial charge >= 0.3 is 0 Å². The minimum Gasteiger partial charge on any atom is -0.322 e. The van der Waals surface area contributed by atoms with Crippen LogP contribution in [0.1, 0.15) is 35.3 Å². The largest absolute Gasteiger partial charge is 0.322 e. The summed E-state index contributed by atoms with van der Waals surface area (Å²) in [5.74, 6) is -0.188. The van der Waals surface area contributed by atoms with Crippen molar-refractivity contribution in [3.05, 3.63) is 95.6 Å². The van der Waals surface area contributed by atoms with Crippen LogP contribution < -0.4 is 5.32 Å². The fraction of sp³-hybridized carbons (Fsp3) is 0.208. The maximum Gasteiger partial charge on any atom is 0.255 e. The van der Waals surface area contributed by atoms with E-state index in [0.717, 1.165) is 23.2 Å². The summed E-state index contributed by atoms with van der Waals surface area (Å²) in [6.07, 6.45) is 0.831. The van der Waals surface area contributed by atoms with E-state index in [2.05, 4.69) is 5.32 Å². The summed E-state index contributed by atoms with van der Waals surface area (Å²) in [5.41, 5.74) is 3.23. The van der Waals surface area contributed by atoms with Gasteiger partial charge in [-0.05, 0) is 47.9 Å². The third-order valence-corrected chi connectivity index (χ3v) is 6.89. The SMILES string of the molecule is CCc1ccccc1NC(=O)c1ccc(CN(CC)S(=O)(=O)c2ccccc2)cc1. The van der Waals surface area contributed by atoms with Crippen molar-refractivity contribution < 1.29 is 13.2 Å². The molecular formula is C24H26N2O3S. The van der Waals surface area contributed by atoms with Gasteiger partial charge < -0.3 is 5.32 Å². The molecule has 3 aromatic carbocycles. The van der Waals surface area contributed by atoms with Crippen LogP contribution in [0.4, 0.5) is 5.69 Å². The molecular weight excluding hydrogens is 396 g/mol. The average Bonchev–Trinajstić information content (AvgIpc) is 2.78. The lowest BCUT2D eigenvalue weighted by Crippen LogP contribution is -2.30. The number of amides is 1. The highest BCUT2D eigenvalue weighted by Crippen LogP contribution is 2.19. The molecule has 30 heavy (non-hydrogen) atoms. The molecule has 0 saturated carbocycles. The van der Waals surface area contributed by atoms with E-state index in [1.54, 1.807) is 54.6 Å². The van der Waals surface area contributed by atoms with Gasteiger partial charge in [-0.3, -0.25) is 4.79 Å². The van der Waals surface area contributed by atoms with Crippen LogP contribution in [0, 0.1) is 0 Å². The highest BCUT2D eigenvalue weighted by molar-refractivity contribution is 7.89. The Morgan fingerprint density at radius 3 is 2.13 bits per heavy atom. The number of anilines is 1. The van der Waals surface area contributed by atoms with Crippen molar-refractivity contribution in [2.45, 2.75) is 31.7 Å². The van der Waals surface area contributed by atoms with E-state index < -0.39 is 10.0 Å². The first-order chi connectivity index (χ1) is 14.5. The Kier molecular flexibility index (Phi) is 7.03. The summed E-state index contributed by atoms with van der Waals surface area (Å²) in [6, 6.07) is 23.2. The van der Waals surface area contributed by atoms with Crippen LogP contribution in [0.5, 0.6) is 0 Å². The van der Waals surface area contributed by atoms with Gasteiger partial charge in [-0.2, -0.15) is 4.31 Å². The quantitative estimate of drug-likeness (QED) is 0.572. The van der Waals surface area contributed by atoms with Crippen molar-refractivity contribution in [2.75, 3.05) is 11.9 Å². The Bertz CT molecular complexity index is 1090. The third-order valence-electron chi connectivity index (χ3n) is 4.96. The number of para-hydroxylation sites is 1. The molecule has 0 fully saturated rings. The molecule has 0 radical (unpaired) electrons. The van der Waals surface area contributed by atoms with E-state index in [1.807, 2.05) is 38.1 Å². The highest BCUT2D eigenvalue weighted by atomic mass is 32.2. The van der Waals surface area contributed by atoms with Crippen molar-refractivity contribution in [1.82, 2.24) is 4.31 Å². The lowest BCUT2D eigenvalue weighted by Gasteiger charge is -2.20. The molecule has 0 aliphatic rings. The minimum absolute atomic E-state index is 0.188. The van der Waals surface area contributed by atoms with Crippen LogP contribution >= 0.6 is 0 Å². The van der Waals surface area contributed by atoms with Crippen molar-refractivity contribution in [1.29, 1.82) is 0 Å². The smallest absolute Gasteiger partial charge is 0.255 e. The standard InChI is InChI=1S/C24H26N2O3S/c1-3-20-10-8-9-13-23(20)25-24(27)21-16-14-19(15-17-21)18-26(4-2)30(28,29)22-11-6-5-7-12-22/h5-17H,3-4,18H2,1-2H3,(H,25,27). The molecule has 0 unspecified atom stereocenters. The molecule has 0 aromatic heterocycles. The molecule has 0 aliphatic heterocycles. The second-order valence-electron chi connectivity index (χ2n) is 6.91. The van der Waals surface area contributed by atoms with Gasteiger partial charge in [-0.1, -0.05) is 62.4 Å². The minimum atomic E-state index is -3.57. The summed E-state index contributed by atoms with van der Waals surface area (Å²) in [6.45, 7) is 4.46. The normalized spacial score (nSPS) is 11.4. The number of carbonyl (C=O) groups excluding carboxylic acids is 1. The second kappa shape index (κ2) is 9.69. The van der Waals surface area contributed by atoms with Crippen LogP contribution in [0.2, 0.25) is 0 Å². The number of aryl methyl sites for hydroxylation is 1. The lowest BCUT2D eigenvalue weighted by molar-refractivity contribution is 0.102. The molecule has 5 nitrogen and oxygen atoms in total. The van der Waals surface area contributed by atoms with E-state index in [9.17, 15) is 13.2 Å². The van der Waals surface area contributed by atoms with Crippen molar-refractivity contribution in [3.8, 4) is 0 Å². The monoisotopic (exact) mass is 422 g/mol. The second-order valence-corrected chi connectivity index (χ2v) is 8.84. The van der Waals surface area contributed by atoms with Gasteiger partial charge in [0.1, 0.15) is 0 Å². The summed E-state index contributed by atoms with van der Waals surface area (Å²) < 4.78 is 27.2. The molecule has 1 N–H and O–H groups in total. The number of carbonyl (C=O) groups is 1. The van der Waals surface area contributed by atoms with Gasteiger partial charge in [-0.25, -0.2) is 8.42 Å². The molecule has 3 aromatic rings. The van der Waals surface area contributed by atoms with Crippen LogP contribution in [0.25, 0.3) is 0 Å². The summed E-state index contributed by atoms with van der Waals surface area (Å²) in [7, 11) is -3.57. The maximum absolute atomic E-state index is 12.9. The number of sulfonamides is 1. The van der Waals surface area contributed by atoms with Gasteiger partial charge in [0.2, 0.25) is 10.0 Å². The Hall–Kier alpha value is -2.96. The predicted molar refractivity (Wildman–Crippen MR) is 120 cm³/mol. The fourth-order valence-corrected chi connectivity index (χ4v) is 4.68. The predicted octanol–water partition coefficient (Wildman–Crippen LogP) is 4.71. The van der Waals surface area contributed by atoms with Crippen LogP contribution in [-0.4, -0.2) is 25.2 Å². The zero-order chi connectivity index (χ0) is 21.6. The average molecular weight is 423 g/mol. The molecule has 6 heteroatoms. The van der Waals surface area contributed by atoms with Crippen LogP contribution in [0.15, 0.2) is 83.8 Å². The summed E-state index contributed by atoms with van der Waals surface area (Å²) >= 11 is 0. The summed E-state index contributed by atoms with van der Waals surface area (Å²) in [4.78, 5) is 12.9. The number of benzene rings is 3. The van der Waals surface area contributed by atoms with E-state index in [-0.39, 0.29) is 17.3 Å². The molecule has 0 heterocycles. The first-order valence-electron chi connectivity index (χ1n) is 9.99. The molecule has 156 valence electrons. The van der Waals surface area contributed by atoms with Crippen LogP contribution in [-0.2, 0) is 23.0 Å². The Morgan fingerprint density at radius 1 is 0.867 bits per heavy atom. The van der Waals surface area contributed by atoms with Gasteiger partial charge in [-0.15, -0.1) is 0 Å². The van der Waals surface area contributed by atoms with Crippen molar-refractivity contribution in [2.24, 2.45) is 0 Å². The van der Waals surface area contributed by atoms with E-state index in [4.69, 9.17) is 0 Å². The Morgan fingerprint density at radius 2 is 1.50 bits per heavy atom. The first-order valence-corrected chi connectivity index (χ1v) is 11.4. The number of hydrogen-bond donors (Lipinski definition) is 1.